The Hall–Kier alpha value is -2.44. The van der Waals surface area contributed by atoms with E-state index in [0.717, 1.165) is 17.1 Å². The molecule has 0 spiro atoms. The van der Waals surface area contributed by atoms with Gasteiger partial charge in [-0.3, -0.25) is 9.36 Å². The maximum atomic E-state index is 12.0. The van der Waals surface area contributed by atoms with Gasteiger partial charge in [0.1, 0.15) is 5.82 Å². The summed E-state index contributed by atoms with van der Waals surface area (Å²) in [5.41, 5.74) is 1.90. The average Bonchev–Trinajstić information content (AvgIpc) is 2.90. The lowest BCUT2D eigenvalue weighted by molar-refractivity contribution is -0.136. The number of carboxylic acid groups (broad SMARTS) is 1. The molecule has 2 N–H and O–H groups in total. The summed E-state index contributed by atoms with van der Waals surface area (Å²) in [5, 5.41) is 8.81. The number of H-pyrrole nitrogens is 1. The number of aromatic nitrogens is 4. The Morgan fingerprint density at radius 1 is 1.38 bits per heavy atom. The van der Waals surface area contributed by atoms with Crippen molar-refractivity contribution in [2.24, 2.45) is 0 Å². The van der Waals surface area contributed by atoms with Crippen LogP contribution in [0.4, 0.5) is 0 Å². The Kier molecular flexibility index (Phi) is 4.52. The zero-order valence-electron chi connectivity index (χ0n) is 12.1. The largest absolute Gasteiger partial charge is 0.481 e. The Morgan fingerprint density at radius 2 is 2.14 bits per heavy atom. The van der Waals surface area contributed by atoms with E-state index in [-0.39, 0.29) is 12.1 Å². The normalized spacial score (nSPS) is 10.8. The van der Waals surface area contributed by atoms with Crippen molar-refractivity contribution in [3.05, 3.63) is 45.7 Å². The van der Waals surface area contributed by atoms with Crippen LogP contribution < -0.4 is 5.69 Å². The first-order valence-corrected chi connectivity index (χ1v) is 6.76. The third-order valence-electron chi connectivity index (χ3n) is 3.49. The van der Waals surface area contributed by atoms with Gasteiger partial charge < -0.3 is 10.1 Å². The Bertz CT molecular complexity index is 689. The molecule has 2 aromatic heterocycles. The Labute approximate surface area is 121 Å². The molecule has 0 aliphatic rings. The maximum Gasteiger partial charge on any atom is 0.347 e. The van der Waals surface area contributed by atoms with Crippen LogP contribution in [0.5, 0.6) is 0 Å². The summed E-state index contributed by atoms with van der Waals surface area (Å²) >= 11 is 0. The van der Waals surface area contributed by atoms with Gasteiger partial charge in [-0.1, -0.05) is 0 Å². The molecule has 0 aromatic carbocycles. The third kappa shape index (κ3) is 3.56. The monoisotopic (exact) mass is 290 g/mol. The van der Waals surface area contributed by atoms with E-state index in [1.807, 2.05) is 6.92 Å². The number of aliphatic carboxylic acids is 1. The minimum absolute atomic E-state index is 0.0275. The zero-order valence-corrected chi connectivity index (χ0v) is 12.1. The molecule has 0 saturated heterocycles. The highest BCUT2D eigenvalue weighted by atomic mass is 16.4. The number of hydrogen-bond acceptors (Lipinski definition) is 4. The second-order valence-electron chi connectivity index (χ2n) is 4.87. The molecule has 0 saturated carbocycles. The van der Waals surface area contributed by atoms with E-state index in [0.29, 0.717) is 25.1 Å². The van der Waals surface area contributed by atoms with Crippen LogP contribution >= 0.6 is 0 Å². The smallest absolute Gasteiger partial charge is 0.347 e. The first-order chi connectivity index (χ1) is 9.99. The molecule has 7 nitrogen and oxygen atoms in total. The van der Waals surface area contributed by atoms with Gasteiger partial charge in [-0.2, -0.15) is 4.98 Å². The van der Waals surface area contributed by atoms with Gasteiger partial charge in [-0.05, 0) is 25.8 Å². The van der Waals surface area contributed by atoms with Crippen LogP contribution in [-0.2, 0) is 24.2 Å². The van der Waals surface area contributed by atoms with E-state index < -0.39 is 5.97 Å². The van der Waals surface area contributed by atoms with Crippen LogP contribution in [0.1, 0.15) is 29.2 Å². The molecule has 0 fully saturated rings. The minimum Gasteiger partial charge on any atom is -0.481 e. The number of aromatic amines is 1. The van der Waals surface area contributed by atoms with Crippen molar-refractivity contribution in [2.75, 3.05) is 0 Å². The van der Waals surface area contributed by atoms with E-state index >= 15 is 0 Å². The van der Waals surface area contributed by atoms with Crippen LogP contribution in [0, 0.1) is 13.8 Å². The highest BCUT2D eigenvalue weighted by Crippen LogP contribution is 2.12. The molecule has 0 bridgehead atoms. The number of carboxylic acids is 1. The minimum atomic E-state index is -0.859. The third-order valence-corrected chi connectivity index (χ3v) is 3.49. The van der Waals surface area contributed by atoms with Crippen molar-refractivity contribution in [1.82, 2.24) is 19.5 Å². The fourth-order valence-electron chi connectivity index (χ4n) is 2.35. The van der Waals surface area contributed by atoms with Crippen LogP contribution in [0.3, 0.4) is 0 Å². The summed E-state index contributed by atoms with van der Waals surface area (Å²) < 4.78 is 1.58. The number of rotatable bonds is 6. The average molecular weight is 290 g/mol. The molecule has 2 rings (SSSR count). The van der Waals surface area contributed by atoms with E-state index in [1.54, 1.807) is 23.9 Å². The molecule has 2 aromatic rings. The molecule has 2 heterocycles. The molecular formula is C14H18N4O3. The zero-order chi connectivity index (χ0) is 15.4. The molecule has 7 heteroatoms. The van der Waals surface area contributed by atoms with Gasteiger partial charge in [-0.15, -0.1) is 0 Å². The van der Waals surface area contributed by atoms with E-state index in [9.17, 15) is 9.59 Å². The summed E-state index contributed by atoms with van der Waals surface area (Å²) in [4.78, 5) is 33.8. The number of aryl methyl sites for hydroxylation is 2. The second kappa shape index (κ2) is 6.34. The van der Waals surface area contributed by atoms with E-state index in [4.69, 9.17) is 5.11 Å². The number of carbonyl (C=O) groups is 1. The fraction of sp³-hybridized carbons (Fsp3) is 0.429. The number of nitrogens with zero attached hydrogens (tertiary/aromatic N) is 3. The summed E-state index contributed by atoms with van der Waals surface area (Å²) in [6, 6.07) is 0. The van der Waals surface area contributed by atoms with Crippen molar-refractivity contribution in [2.45, 2.75) is 39.7 Å². The quantitative estimate of drug-likeness (QED) is 0.821. The predicted octanol–water partition coefficient (Wildman–Crippen LogP) is 0.843. The summed E-state index contributed by atoms with van der Waals surface area (Å²) in [5.74, 6) is -0.0592. The standard InChI is InChI=1S/C14H18N4O3/c1-9-11(3-4-13(19)20)10(2)18(14(21)17-9)8-5-12-15-6-7-16-12/h6-7H,3-5,8H2,1-2H3,(H,15,16)(H,19,20). The van der Waals surface area contributed by atoms with Gasteiger partial charge in [0.25, 0.3) is 0 Å². The SMILES string of the molecule is Cc1nc(=O)n(CCc2ncc[nH]2)c(C)c1CCC(=O)O. The Balaban J connectivity index is 2.25. The molecule has 21 heavy (non-hydrogen) atoms. The van der Waals surface area contributed by atoms with Crippen LogP contribution in [0.25, 0.3) is 0 Å². The van der Waals surface area contributed by atoms with Gasteiger partial charge in [0, 0.05) is 43.2 Å². The molecule has 112 valence electrons. The lowest BCUT2D eigenvalue weighted by Crippen LogP contribution is -2.28. The van der Waals surface area contributed by atoms with Gasteiger partial charge in [-0.25, -0.2) is 9.78 Å². The van der Waals surface area contributed by atoms with Crippen LogP contribution in [-0.4, -0.2) is 30.6 Å². The topological polar surface area (TPSA) is 101 Å². The highest BCUT2D eigenvalue weighted by Gasteiger charge is 2.13. The molecule has 0 unspecified atom stereocenters. The molecule has 0 amide bonds. The molecule has 0 aliphatic carbocycles. The van der Waals surface area contributed by atoms with Gasteiger partial charge in [0.15, 0.2) is 0 Å². The molecule has 0 atom stereocenters. The highest BCUT2D eigenvalue weighted by molar-refractivity contribution is 5.67. The van der Waals surface area contributed by atoms with Crippen LogP contribution in [0.15, 0.2) is 17.2 Å². The summed E-state index contributed by atoms with van der Waals surface area (Å²) in [7, 11) is 0. The molecule has 0 aliphatic heterocycles. The molecular weight excluding hydrogens is 272 g/mol. The van der Waals surface area contributed by atoms with Gasteiger partial charge in [0.2, 0.25) is 0 Å². The van der Waals surface area contributed by atoms with Crippen molar-refractivity contribution in [3.63, 3.8) is 0 Å². The van der Waals surface area contributed by atoms with Gasteiger partial charge >= 0.3 is 11.7 Å². The lowest BCUT2D eigenvalue weighted by atomic mass is 10.1. The first kappa shape index (κ1) is 15.0. The van der Waals surface area contributed by atoms with E-state index in [1.165, 1.54) is 0 Å². The number of imidazole rings is 1. The van der Waals surface area contributed by atoms with Crippen molar-refractivity contribution in [3.8, 4) is 0 Å². The van der Waals surface area contributed by atoms with Crippen molar-refractivity contribution in [1.29, 1.82) is 0 Å². The summed E-state index contributed by atoms with van der Waals surface area (Å²) in [6.07, 6.45) is 4.39. The lowest BCUT2D eigenvalue weighted by Gasteiger charge is -2.14. The Morgan fingerprint density at radius 3 is 2.76 bits per heavy atom. The number of hydrogen-bond donors (Lipinski definition) is 2. The summed E-state index contributed by atoms with van der Waals surface area (Å²) in [6.45, 7) is 4.03. The fourth-order valence-corrected chi connectivity index (χ4v) is 2.35. The van der Waals surface area contributed by atoms with Crippen molar-refractivity contribution < 1.29 is 9.90 Å². The second-order valence-corrected chi connectivity index (χ2v) is 4.87. The van der Waals surface area contributed by atoms with Crippen LogP contribution in [0.2, 0.25) is 0 Å². The maximum absolute atomic E-state index is 12.0. The number of nitrogens with one attached hydrogen (secondary N) is 1. The first-order valence-electron chi connectivity index (χ1n) is 6.76. The predicted molar refractivity (Wildman–Crippen MR) is 76.2 cm³/mol. The van der Waals surface area contributed by atoms with Crippen molar-refractivity contribution >= 4 is 5.97 Å². The molecule has 0 radical (unpaired) electrons. The van der Waals surface area contributed by atoms with E-state index in [2.05, 4.69) is 15.0 Å². The van der Waals surface area contributed by atoms with Gasteiger partial charge in [0.05, 0.1) is 0 Å².